The Morgan fingerprint density at radius 2 is 1.73 bits per heavy atom. The maximum atomic E-state index is 5.02. The molecule has 1 unspecified atom stereocenters. The third kappa shape index (κ3) is 1.78. The lowest BCUT2D eigenvalue weighted by molar-refractivity contribution is 0.295. The molecule has 1 saturated heterocycles. The first-order valence-electron chi connectivity index (χ1n) is 5.98. The van der Waals surface area contributed by atoms with Crippen LogP contribution in [0.2, 0.25) is 0 Å². The van der Waals surface area contributed by atoms with Gasteiger partial charge in [-0.2, -0.15) is 0 Å². The van der Waals surface area contributed by atoms with E-state index in [4.69, 9.17) is 4.74 Å². The van der Waals surface area contributed by atoms with Crippen molar-refractivity contribution in [2.24, 2.45) is 4.74 Å². The molecular formula is C10H23N4P. The highest BCUT2D eigenvalue weighted by molar-refractivity contribution is 7.59. The van der Waals surface area contributed by atoms with Crippen LogP contribution in [0.1, 0.15) is 19.8 Å². The molecule has 2 rings (SSSR count). The summed E-state index contributed by atoms with van der Waals surface area (Å²) in [4.78, 5) is 0. The van der Waals surface area contributed by atoms with Gasteiger partial charge >= 0.3 is 0 Å². The van der Waals surface area contributed by atoms with Gasteiger partial charge in [-0.1, -0.05) is 6.92 Å². The third-order valence-corrected chi connectivity index (χ3v) is 7.54. The zero-order valence-corrected chi connectivity index (χ0v) is 11.1. The van der Waals surface area contributed by atoms with E-state index in [0.717, 1.165) is 13.1 Å². The van der Waals surface area contributed by atoms with Gasteiger partial charge in [-0.15, -0.1) is 0 Å². The van der Waals surface area contributed by atoms with Gasteiger partial charge in [-0.25, -0.2) is 14.0 Å². The highest BCUT2D eigenvalue weighted by atomic mass is 31.2. The molecule has 0 saturated carbocycles. The molecule has 1 fully saturated rings. The molecule has 4 nitrogen and oxygen atoms in total. The Labute approximate surface area is 93.4 Å². The van der Waals surface area contributed by atoms with Gasteiger partial charge in [-0.3, -0.25) is 4.74 Å². The fourth-order valence-corrected chi connectivity index (χ4v) is 6.75. The van der Waals surface area contributed by atoms with E-state index in [1.807, 2.05) is 0 Å². The first-order valence-corrected chi connectivity index (χ1v) is 7.58. The van der Waals surface area contributed by atoms with E-state index in [2.05, 4.69) is 35.0 Å². The van der Waals surface area contributed by atoms with Crippen molar-refractivity contribution in [3.05, 3.63) is 0 Å². The van der Waals surface area contributed by atoms with Crippen LogP contribution in [0.25, 0.3) is 0 Å². The van der Waals surface area contributed by atoms with Crippen molar-refractivity contribution in [2.45, 2.75) is 19.8 Å². The van der Waals surface area contributed by atoms with Crippen LogP contribution in [0.4, 0.5) is 0 Å². The molecule has 0 aromatic heterocycles. The SMILES string of the molecule is CCN1CCCN(C)P12=NCCCN2C. The lowest BCUT2D eigenvalue weighted by atomic mass is 10.4. The molecule has 0 aromatic rings. The van der Waals surface area contributed by atoms with E-state index >= 15 is 0 Å². The Morgan fingerprint density at radius 1 is 1.07 bits per heavy atom. The maximum Gasteiger partial charge on any atom is 0.167 e. The zero-order chi connectivity index (χ0) is 10.9. The van der Waals surface area contributed by atoms with Gasteiger partial charge in [0.1, 0.15) is 0 Å². The second kappa shape index (κ2) is 4.54. The quantitative estimate of drug-likeness (QED) is 0.643. The second-order valence-corrected chi connectivity index (χ2v) is 7.71. The van der Waals surface area contributed by atoms with Gasteiger partial charge in [0.25, 0.3) is 0 Å². The molecule has 5 heteroatoms. The summed E-state index contributed by atoms with van der Waals surface area (Å²) in [5.41, 5.74) is 0. The molecule has 15 heavy (non-hydrogen) atoms. The van der Waals surface area contributed by atoms with Crippen molar-refractivity contribution in [2.75, 3.05) is 46.8 Å². The normalized spacial score (nSPS) is 35.7. The molecule has 0 aliphatic carbocycles. The standard InChI is InChI=1S/C10H23N4P/c1-4-14-10-6-9-13(3)15(14)11-7-5-8-12(15)2/h4-10H2,1-3H3. The Morgan fingerprint density at radius 3 is 2.33 bits per heavy atom. The van der Waals surface area contributed by atoms with Crippen LogP contribution in [0, 0.1) is 0 Å². The van der Waals surface area contributed by atoms with Crippen LogP contribution in [0.3, 0.4) is 0 Å². The maximum absolute atomic E-state index is 5.02. The molecule has 0 N–H and O–H groups in total. The second-order valence-electron chi connectivity index (χ2n) is 4.42. The number of rotatable bonds is 1. The highest BCUT2D eigenvalue weighted by Gasteiger charge is 2.39. The molecule has 2 heterocycles. The first kappa shape index (κ1) is 11.6. The van der Waals surface area contributed by atoms with Gasteiger partial charge in [0.2, 0.25) is 0 Å². The Balaban J connectivity index is 2.37. The summed E-state index contributed by atoms with van der Waals surface area (Å²) < 4.78 is 12.7. The average molecular weight is 230 g/mol. The minimum atomic E-state index is -1.45. The lowest BCUT2D eigenvalue weighted by Crippen LogP contribution is -2.45. The molecule has 2 aliphatic heterocycles. The van der Waals surface area contributed by atoms with Gasteiger partial charge in [-0.05, 0) is 26.9 Å². The molecule has 0 bridgehead atoms. The molecular weight excluding hydrogens is 207 g/mol. The topological polar surface area (TPSA) is 22.1 Å². The molecule has 0 amide bonds. The number of hydrogen-bond donors (Lipinski definition) is 0. The van der Waals surface area contributed by atoms with Crippen molar-refractivity contribution in [3.8, 4) is 0 Å². The fourth-order valence-electron chi connectivity index (χ4n) is 2.73. The summed E-state index contributed by atoms with van der Waals surface area (Å²) in [5, 5.41) is 0. The van der Waals surface area contributed by atoms with E-state index in [0.29, 0.717) is 0 Å². The Kier molecular flexibility index (Phi) is 3.51. The van der Waals surface area contributed by atoms with Crippen molar-refractivity contribution >= 4 is 7.51 Å². The summed E-state index contributed by atoms with van der Waals surface area (Å²) in [6.45, 7) is 8.09. The monoisotopic (exact) mass is 230 g/mol. The minimum Gasteiger partial charge on any atom is -0.261 e. The molecule has 2 aliphatic rings. The van der Waals surface area contributed by atoms with Gasteiger partial charge in [0, 0.05) is 32.7 Å². The zero-order valence-electron chi connectivity index (χ0n) is 10.2. The molecule has 0 aromatic carbocycles. The molecule has 0 radical (unpaired) electrons. The highest BCUT2D eigenvalue weighted by Crippen LogP contribution is 2.60. The Hall–Kier alpha value is 0.110. The van der Waals surface area contributed by atoms with Crippen LogP contribution >= 0.6 is 7.51 Å². The van der Waals surface area contributed by atoms with Gasteiger partial charge in [0.15, 0.2) is 7.51 Å². The first-order chi connectivity index (χ1) is 7.21. The summed E-state index contributed by atoms with van der Waals surface area (Å²) in [5.74, 6) is 0. The van der Waals surface area contributed by atoms with E-state index < -0.39 is 7.51 Å². The van der Waals surface area contributed by atoms with E-state index in [-0.39, 0.29) is 0 Å². The van der Waals surface area contributed by atoms with Crippen LogP contribution in [0.15, 0.2) is 4.74 Å². The van der Waals surface area contributed by atoms with Crippen molar-refractivity contribution in [3.63, 3.8) is 0 Å². The van der Waals surface area contributed by atoms with Crippen molar-refractivity contribution in [1.29, 1.82) is 0 Å². The van der Waals surface area contributed by atoms with Crippen LogP contribution < -0.4 is 0 Å². The number of nitrogens with zero attached hydrogens (tertiary/aromatic N) is 4. The average Bonchev–Trinajstić information content (AvgIpc) is 2.25. The summed E-state index contributed by atoms with van der Waals surface area (Å²) in [6, 6.07) is 0. The number of hydrogen-bond acceptors (Lipinski definition) is 4. The summed E-state index contributed by atoms with van der Waals surface area (Å²) >= 11 is 0. The predicted octanol–water partition coefficient (Wildman–Crippen LogP) is 1.93. The smallest absolute Gasteiger partial charge is 0.167 e. The largest absolute Gasteiger partial charge is 0.261 e. The fraction of sp³-hybridized carbons (Fsp3) is 1.00. The van der Waals surface area contributed by atoms with Crippen molar-refractivity contribution in [1.82, 2.24) is 14.0 Å². The minimum absolute atomic E-state index is 1.05. The van der Waals surface area contributed by atoms with Gasteiger partial charge < -0.3 is 0 Å². The van der Waals surface area contributed by atoms with Crippen LogP contribution in [0.5, 0.6) is 0 Å². The van der Waals surface area contributed by atoms with E-state index in [9.17, 15) is 0 Å². The summed E-state index contributed by atoms with van der Waals surface area (Å²) in [7, 11) is 3.05. The van der Waals surface area contributed by atoms with Crippen LogP contribution in [-0.4, -0.2) is 60.8 Å². The van der Waals surface area contributed by atoms with Crippen molar-refractivity contribution < 1.29 is 0 Å². The molecule has 1 atom stereocenters. The molecule has 88 valence electrons. The molecule has 1 spiro atoms. The Bertz CT molecular complexity index is 279. The van der Waals surface area contributed by atoms with Gasteiger partial charge in [0.05, 0.1) is 0 Å². The third-order valence-electron chi connectivity index (χ3n) is 3.49. The van der Waals surface area contributed by atoms with E-state index in [1.54, 1.807) is 0 Å². The summed E-state index contributed by atoms with van der Waals surface area (Å²) in [6.07, 6.45) is 2.51. The predicted molar refractivity (Wildman–Crippen MR) is 66.0 cm³/mol. The van der Waals surface area contributed by atoms with Crippen LogP contribution in [-0.2, 0) is 0 Å². The lowest BCUT2D eigenvalue weighted by Gasteiger charge is -2.51. The van der Waals surface area contributed by atoms with E-state index in [1.165, 1.54) is 32.5 Å².